The molecule has 1 saturated heterocycles. The molecule has 2 unspecified atom stereocenters. The Balaban J connectivity index is 1.77. The lowest BCUT2D eigenvalue weighted by molar-refractivity contribution is -0.157. The summed E-state index contributed by atoms with van der Waals surface area (Å²) in [6.07, 6.45) is -0.991. The zero-order valence-electron chi connectivity index (χ0n) is 17.0. The molecular weight excluding hydrogens is 428 g/mol. The number of ether oxygens (including phenoxy) is 3. The monoisotopic (exact) mass is 450 g/mol. The minimum absolute atomic E-state index is 0.0175. The van der Waals surface area contributed by atoms with Gasteiger partial charge in [0.2, 0.25) is 0 Å². The van der Waals surface area contributed by atoms with Crippen LogP contribution in [0.5, 0.6) is 17.2 Å². The molecule has 0 aromatic heterocycles. The number of methoxy groups -OCH3 is 1. The summed E-state index contributed by atoms with van der Waals surface area (Å²) >= 11 is 0. The molecule has 10 heteroatoms. The largest absolute Gasteiger partial charge is 0.496 e. The van der Waals surface area contributed by atoms with Gasteiger partial charge in [0.15, 0.2) is 13.9 Å². The van der Waals surface area contributed by atoms with Crippen molar-refractivity contribution < 1.29 is 36.0 Å². The van der Waals surface area contributed by atoms with E-state index in [0.717, 1.165) is 0 Å². The highest BCUT2D eigenvalue weighted by atomic mass is 32.2. The van der Waals surface area contributed by atoms with Crippen molar-refractivity contribution >= 4 is 24.4 Å². The molecule has 0 saturated carbocycles. The van der Waals surface area contributed by atoms with Crippen LogP contribution in [0.1, 0.15) is 12.0 Å². The lowest BCUT2D eigenvalue weighted by atomic mass is 9.92. The average Bonchev–Trinajstić information content (AvgIpc) is 3.09. The normalized spacial score (nSPS) is 22.7. The molecule has 2 aliphatic rings. The van der Waals surface area contributed by atoms with Crippen LogP contribution in [0.25, 0.3) is 0 Å². The predicted molar refractivity (Wildman–Crippen MR) is 108 cm³/mol. The van der Waals surface area contributed by atoms with Crippen LogP contribution in [0, 0.1) is 0 Å². The summed E-state index contributed by atoms with van der Waals surface area (Å²) in [6, 6.07) is 10.7. The van der Waals surface area contributed by atoms with Gasteiger partial charge in [-0.05, 0) is 31.8 Å². The third-order valence-electron chi connectivity index (χ3n) is 4.67. The quantitative estimate of drug-likeness (QED) is 0.376. The molecule has 0 spiro atoms. The lowest BCUT2D eigenvalue weighted by Crippen LogP contribution is -2.44. The van der Waals surface area contributed by atoms with Crippen LogP contribution >= 0.6 is 0 Å². The van der Waals surface area contributed by atoms with Gasteiger partial charge < -0.3 is 22.8 Å². The smallest absolute Gasteiger partial charge is 0.339 e. The van der Waals surface area contributed by atoms with Gasteiger partial charge in [-0.1, -0.05) is 18.2 Å². The Morgan fingerprint density at radius 1 is 1.10 bits per heavy atom. The van der Waals surface area contributed by atoms with Gasteiger partial charge >= 0.3 is 16.1 Å². The third kappa shape index (κ3) is 3.55. The van der Waals surface area contributed by atoms with E-state index in [-0.39, 0.29) is 17.1 Å². The molecule has 0 aliphatic carbocycles. The molecule has 160 valence electrons. The zero-order chi connectivity index (χ0) is 21.7. The highest BCUT2D eigenvalue weighted by Gasteiger charge is 2.62. The SMILES string of the molecule is COc1cc(OS(=O)(=O)c2ccccc2)cc2c1C1(O[Si](C)(C)C)CC(=O)OC1O2. The number of esters is 1. The predicted octanol–water partition coefficient (Wildman–Crippen LogP) is 3.18. The number of hydrogen-bond donors (Lipinski definition) is 0. The molecular formula is C20H22O8SSi. The maximum absolute atomic E-state index is 12.6. The van der Waals surface area contributed by atoms with Crippen molar-refractivity contribution in [2.24, 2.45) is 0 Å². The second kappa shape index (κ2) is 7.00. The van der Waals surface area contributed by atoms with Crippen molar-refractivity contribution in [1.29, 1.82) is 0 Å². The van der Waals surface area contributed by atoms with E-state index in [9.17, 15) is 13.2 Å². The Bertz CT molecular complexity index is 1090. The first kappa shape index (κ1) is 20.7. The number of benzene rings is 2. The molecule has 0 bridgehead atoms. The molecule has 8 nitrogen and oxygen atoms in total. The van der Waals surface area contributed by atoms with E-state index in [2.05, 4.69) is 0 Å². The highest BCUT2D eigenvalue weighted by Crippen LogP contribution is 2.56. The Morgan fingerprint density at radius 2 is 1.80 bits per heavy atom. The number of rotatable bonds is 6. The van der Waals surface area contributed by atoms with Crippen LogP contribution in [-0.4, -0.2) is 36.1 Å². The molecule has 0 radical (unpaired) electrons. The van der Waals surface area contributed by atoms with E-state index in [4.69, 9.17) is 22.8 Å². The number of carbonyl (C=O) groups excluding carboxylic acids is 1. The van der Waals surface area contributed by atoms with Crippen molar-refractivity contribution in [3.63, 3.8) is 0 Å². The molecule has 30 heavy (non-hydrogen) atoms. The second-order valence-corrected chi connectivity index (χ2v) is 14.0. The summed E-state index contributed by atoms with van der Waals surface area (Å²) in [5, 5.41) is 0. The molecule has 2 atom stereocenters. The van der Waals surface area contributed by atoms with Crippen molar-refractivity contribution in [3.8, 4) is 17.2 Å². The number of carbonyl (C=O) groups is 1. The molecule has 2 heterocycles. The maximum Gasteiger partial charge on any atom is 0.339 e. The first-order chi connectivity index (χ1) is 14.0. The third-order valence-corrected chi connectivity index (χ3v) is 6.91. The topological polar surface area (TPSA) is 97.4 Å². The fourth-order valence-electron chi connectivity index (χ4n) is 3.72. The van der Waals surface area contributed by atoms with E-state index < -0.39 is 36.3 Å². The average molecular weight is 451 g/mol. The van der Waals surface area contributed by atoms with Crippen LogP contribution in [-0.2, 0) is 29.7 Å². The van der Waals surface area contributed by atoms with Gasteiger partial charge in [0.05, 0.1) is 19.1 Å². The van der Waals surface area contributed by atoms with Gasteiger partial charge in [-0.25, -0.2) is 0 Å². The van der Waals surface area contributed by atoms with E-state index in [1.54, 1.807) is 18.2 Å². The van der Waals surface area contributed by atoms with E-state index in [1.165, 1.54) is 31.4 Å². The van der Waals surface area contributed by atoms with E-state index in [1.807, 2.05) is 19.6 Å². The number of hydrogen-bond acceptors (Lipinski definition) is 8. The second-order valence-electron chi connectivity index (χ2n) is 8.07. The fourth-order valence-corrected chi connectivity index (χ4v) is 6.02. The molecule has 2 aliphatic heterocycles. The van der Waals surface area contributed by atoms with Crippen LogP contribution < -0.4 is 13.7 Å². The summed E-state index contributed by atoms with van der Waals surface area (Å²) < 4.78 is 53.6. The van der Waals surface area contributed by atoms with Crippen LogP contribution in [0.3, 0.4) is 0 Å². The molecule has 1 fully saturated rings. The Hall–Kier alpha value is -2.56. The zero-order valence-corrected chi connectivity index (χ0v) is 18.8. The summed E-state index contributed by atoms with van der Waals surface area (Å²) in [4.78, 5) is 12.1. The van der Waals surface area contributed by atoms with Gasteiger partial charge in [-0.2, -0.15) is 8.42 Å². The van der Waals surface area contributed by atoms with E-state index in [0.29, 0.717) is 17.1 Å². The van der Waals surface area contributed by atoms with Gasteiger partial charge in [0.25, 0.3) is 6.29 Å². The van der Waals surface area contributed by atoms with Gasteiger partial charge in [0, 0.05) is 12.1 Å². The summed E-state index contributed by atoms with van der Waals surface area (Å²) in [7, 11) is -4.75. The summed E-state index contributed by atoms with van der Waals surface area (Å²) in [6.45, 7) is 5.99. The lowest BCUT2D eigenvalue weighted by Gasteiger charge is -2.33. The van der Waals surface area contributed by atoms with Crippen molar-refractivity contribution in [1.82, 2.24) is 0 Å². The van der Waals surface area contributed by atoms with Crippen LogP contribution in [0.2, 0.25) is 19.6 Å². The summed E-state index contributed by atoms with van der Waals surface area (Å²) in [5.41, 5.74) is -0.619. The van der Waals surface area contributed by atoms with Gasteiger partial charge in [-0.3, -0.25) is 4.79 Å². The van der Waals surface area contributed by atoms with Gasteiger partial charge in [-0.15, -0.1) is 0 Å². The molecule has 4 rings (SSSR count). The van der Waals surface area contributed by atoms with Crippen molar-refractivity contribution in [2.75, 3.05) is 7.11 Å². The molecule has 0 N–H and O–H groups in total. The van der Waals surface area contributed by atoms with Crippen LogP contribution in [0.4, 0.5) is 0 Å². The Kier molecular flexibility index (Phi) is 4.83. The minimum atomic E-state index is -4.05. The fraction of sp³-hybridized carbons (Fsp3) is 0.350. The van der Waals surface area contributed by atoms with Gasteiger partial charge in [0.1, 0.15) is 22.1 Å². The van der Waals surface area contributed by atoms with Crippen LogP contribution in [0.15, 0.2) is 47.4 Å². The molecule has 0 amide bonds. The first-order valence-corrected chi connectivity index (χ1v) is 14.1. The molecule has 2 aromatic carbocycles. The highest BCUT2D eigenvalue weighted by molar-refractivity contribution is 7.87. The van der Waals surface area contributed by atoms with Crippen molar-refractivity contribution in [2.45, 2.75) is 42.8 Å². The van der Waals surface area contributed by atoms with E-state index >= 15 is 0 Å². The number of fused-ring (bicyclic) bond motifs is 3. The standard InChI is InChI=1S/C20H22O8SSi/c1-24-15-10-13(27-29(22,23)14-8-6-5-7-9-14)11-16-18(15)20(28-30(2,3)4)12-17(21)26-19(20)25-16/h5-11,19H,12H2,1-4H3. The summed E-state index contributed by atoms with van der Waals surface area (Å²) in [5.74, 6) is 0.176. The Morgan fingerprint density at radius 3 is 2.43 bits per heavy atom. The van der Waals surface area contributed by atoms with Crippen molar-refractivity contribution in [3.05, 3.63) is 48.0 Å². The molecule has 2 aromatic rings. The first-order valence-electron chi connectivity index (χ1n) is 9.32. The Labute approximate surface area is 175 Å². The maximum atomic E-state index is 12.6. The minimum Gasteiger partial charge on any atom is -0.496 e.